The van der Waals surface area contributed by atoms with Crippen LogP contribution < -0.4 is 0 Å². The van der Waals surface area contributed by atoms with E-state index in [-0.39, 0.29) is 0 Å². The van der Waals surface area contributed by atoms with Gasteiger partial charge in [-0.15, -0.1) is 0 Å². The van der Waals surface area contributed by atoms with Gasteiger partial charge in [0, 0.05) is 0 Å². The van der Waals surface area contributed by atoms with Crippen LogP contribution in [-0.4, -0.2) is 0 Å². The second kappa shape index (κ2) is 10.4. The maximum absolute atomic E-state index is 4.30. The number of benzene rings is 1. The molecule has 1 aliphatic carbocycles. The summed E-state index contributed by atoms with van der Waals surface area (Å²) in [6.45, 7) is 25.6. The molecule has 0 N–H and O–H groups in total. The molecular weight excluding hydrogens is 360 g/mol. The van der Waals surface area contributed by atoms with Crippen LogP contribution in [0.4, 0.5) is 0 Å². The number of allylic oxidation sites excluding steroid dienone is 11. The molecule has 0 saturated heterocycles. The van der Waals surface area contributed by atoms with Gasteiger partial charge in [0.15, 0.2) is 0 Å². The van der Waals surface area contributed by atoms with Crippen molar-refractivity contribution in [3.05, 3.63) is 112 Å². The molecule has 30 heavy (non-hydrogen) atoms. The van der Waals surface area contributed by atoms with E-state index in [0.717, 1.165) is 35.1 Å². The van der Waals surface area contributed by atoms with Crippen LogP contribution in [0.25, 0.3) is 5.57 Å². The summed E-state index contributed by atoms with van der Waals surface area (Å²) in [5, 5.41) is 0. The van der Waals surface area contributed by atoms with Crippen molar-refractivity contribution < 1.29 is 0 Å². The van der Waals surface area contributed by atoms with Gasteiger partial charge < -0.3 is 0 Å². The average molecular weight is 399 g/mol. The van der Waals surface area contributed by atoms with Gasteiger partial charge in [0.05, 0.1) is 0 Å². The zero-order valence-corrected chi connectivity index (χ0v) is 19.9. The lowest BCUT2D eigenvalue weighted by atomic mass is 9.82. The summed E-state index contributed by atoms with van der Waals surface area (Å²) in [4.78, 5) is 0. The number of hydrogen-bond acceptors (Lipinski definition) is 0. The Morgan fingerprint density at radius 2 is 1.70 bits per heavy atom. The van der Waals surface area contributed by atoms with Gasteiger partial charge in [-0.05, 0) is 110 Å². The van der Waals surface area contributed by atoms with Crippen molar-refractivity contribution in [2.75, 3.05) is 0 Å². The Hall–Kier alpha value is -2.60. The van der Waals surface area contributed by atoms with E-state index in [0.29, 0.717) is 5.92 Å². The van der Waals surface area contributed by atoms with Crippen LogP contribution in [0.15, 0.2) is 90.1 Å². The molecule has 0 aliphatic heterocycles. The summed E-state index contributed by atoms with van der Waals surface area (Å²) in [5.41, 5.74) is 12.4. The third-order valence-corrected chi connectivity index (χ3v) is 6.17. The fourth-order valence-electron chi connectivity index (χ4n) is 4.38. The molecule has 158 valence electrons. The minimum atomic E-state index is 0.484. The Kier molecular flexibility index (Phi) is 8.24. The first-order chi connectivity index (χ1) is 14.2. The van der Waals surface area contributed by atoms with Gasteiger partial charge >= 0.3 is 0 Å². The molecule has 0 radical (unpaired) electrons. The van der Waals surface area contributed by atoms with Crippen LogP contribution in [0.1, 0.15) is 62.8 Å². The standard InChI is InChI=1S/C30H38/c1-10-26(17-24(8)28(11-2)20(3)4)30-19-23(7)22(6)16-27(30)18-25(9)29-15-13-12-14-21(29)5/h10-11,14-17,19,25H,1,3,8,12-13,18H2,2,4-7,9H3/b26-17+,28-11-. The molecule has 1 aromatic carbocycles. The molecule has 0 amide bonds. The maximum atomic E-state index is 4.30. The topological polar surface area (TPSA) is 0 Å². The van der Waals surface area contributed by atoms with E-state index in [4.69, 9.17) is 0 Å². The Morgan fingerprint density at radius 3 is 2.27 bits per heavy atom. The zero-order chi connectivity index (χ0) is 22.4. The van der Waals surface area contributed by atoms with Crippen LogP contribution in [0.2, 0.25) is 0 Å². The number of hydrogen-bond donors (Lipinski definition) is 0. The van der Waals surface area contributed by atoms with E-state index in [1.165, 1.54) is 39.8 Å². The van der Waals surface area contributed by atoms with E-state index in [1.54, 1.807) is 0 Å². The summed E-state index contributed by atoms with van der Waals surface area (Å²) in [7, 11) is 0. The second-order valence-corrected chi connectivity index (χ2v) is 8.63. The first-order valence-corrected chi connectivity index (χ1v) is 11.0. The van der Waals surface area contributed by atoms with Gasteiger partial charge in [-0.1, -0.05) is 74.2 Å². The van der Waals surface area contributed by atoms with Gasteiger partial charge in [0.2, 0.25) is 0 Å². The van der Waals surface area contributed by atoms with E-state index >= 15 is 0 Å². The smallest absolute Gasteiger partial charge is 0.0149 e. The fourth-order valence-corrected chi connectivity index (χ4v) is 4.38. The monoisotopic (exact) mass is 398 g/mol. The minimum absolute atomic E-state index is 0.484. The highest BCUT2D eigenvalue weighted by Gasteiger charge is 2.17. The lowest BCUT2D eigenvalue weighted by Crippen LogP contribution is -2.09. The van der Waals surface area contributed by atoms with Crippen LogP contribution in [0.5, 0.6) is 0 Å². The van der Waals surface area contributed by atoms with E-state index in [9.17, 15) is 0 Å². The molecule has 0 bridgehead atoms. The Balaban J connectivity index is 2.50. The summed E-state index contributed by atoms with van der Waals surface area (Å²) < 4.78 is 0. The highest BCUT2D eigenvalue weighted by molar-refractivity contribution is 5.79. The van der Waals surface area contributed by atoms with Crippen molar-refractivity contribution in [2.45, 2.75) is 60.8 Å². The molecule has 1 aliphatic rings. The molecular formula is C30H38. The molecule has 0 fully saturated rings. The van der Waals surface area contributed by atoms with Crippen LogP contribution >= 0.6 is 0 Å². The Bertz CT molecular complexity index is 970. The van der Waals surface area contributed by atoms with E-state index < -0.39 is 0 Å². The van der Waals surface area contributed by atoms with E-state index in [2.05, 4.69) is 83.9 Å². The van der Waals surface area contributed by atoms with Gasteiger partial charge in [-0.3, -0.25) is 0 Å². The minimum Gasteiger partial charge on any atom is -0.0984 e. The number of aryl methyl sites for hydroxylation is 2. The fraction of sp³-hybridized carbons (Fsp3) is 0.333. The van der Waals surface area contributed by atoms with Gasteiger partial charge in [0.25, 0.3) is 0 Å². The molecule has 1 atom stereocenters. The summed E-state index contributed by atoms with van der Waals surface area (Å²) in [6.07, 6.45) is 14.3. The summed E-state index contributed by atoms with van der Waals surface area (Å²) in [6, 6.07) is 4.67. The van der Waals surface area contributed by atoms with Crippen LogP contribution in [-0.2, 0) is 6.42 Å². The Labute approximate surface area is 184 Å². The third kappa shape index (κ3) is 5.51. The van der Waals surface area contributed by atoms with Gasteiger partial charge in [-0.2, -0.15) is 0 Å². The molecule has 0 heteroatoms. The molecule has 0 aromatic heterocycles. The molecule has 0 heterocycles. The van der Waals surface area contributed by atoms with Gasteiger partial charge in [-0.25, -0.2) is 0 Å². The molecule has 0 saturated carbocycles. The molecule has 2 rings (SSSR count). The van der Waals surface area contributed by atoms with Crippen molar-refractivity contribution in [3.8, 4) is 0 Å². The molecule has 1 unspecified atom stereocenters. The molecule has 1 aromatic rings. The van der Waals surface area contributed by atoms with Crippen molar-refractivity contribution in [3.63, 3.8) is 0 Å². The largest absolute Gasteiger partial charge is 0.0984 e. The van der Waals surface area contributed by atoms with E-state index in [1.807, 2.05) is 19.9 Å². The zero-order valence-electron chi connectivity index (χ0n) is 19.9. The predicted octanol–water partition coefficient (Wildman–Crippen LogP) is 8.80. The molecule has 0 spiro atoms. The second-order valence-electron chi connectivity index (χ2n) is 8.63. The van der Waals surface area contributed by atoms with Crippen molar-refractivity contribution in [1.29, 1.82) is 0 Å². The van der Waals surface area contributed by atoms with Crippen LogP contribution in [0.3, 0.4) is 0 Å². The third-order valence-electron chi connectivity index (χ3n) is 6.17. The van der Waals surface area contributed by atoms with Crippen LogP contribution in [0, 0.1) is 19.8 Å². The highest BCUT2D eigenvalue weighted by atomic mass is 14.2. The average Bonchev–Trinajstić information content (AvgIpc) is 2.69. The first-order valence-electron chi connectivity index (χ1n) is 11.0. The van der Waals surface area contributed by atoms with Crippen molar-refractivity contribution in [2.24, 2.45) is 5.92 Å². The summed E-state index contributed by atoms with van der Waals surface area (Å²) in [5.74, 6) is 0.484. The van der Waals surface area contributed by atoms with Gasteiger partial charge in [0.1, 0.15) is 0 Å². The summed E-state index contributed by atoms with van der Waals surface area (Å²) >= 11 is 0. The predicted molar refractivity (Wildman–Crippen MR) is 136 cm³/mol. The van der Waals surface area contributed by atoms with Crippen molar-refractivity contribution >= 4 is 5.57 Å². The quantitative estimate of drug-likeness (QED) is 0.384. The SMILES string of the molecule is C=C/C(=C\C(=C)/C(=C\C)C(=C)C)c1cc(C)c(C)cc1CC(C)C1=CCCC=C1C. The molecule has 0 nitrogen and oxygen atoms in total. The lowest BCUT2D eigenvalue weighted by Gasteiger charge is -2.22. The highest BCUT2D eigenvalue weighted by Crippen LogP contribution is 2.33. The lowest BCUT2D eigenvalue weighted by molar-refractivity contribution is 0.671. The first kappa shape index (κ1) is 23.7. The number of rotatable bonds is 8. The maximum Gasteiger partial charge on any atom is -0.0149 e. The van der Waals surface area contributed by atoms with Crippen molar-refractivity contribution in [1.82, 2.24) is 0 Å². The Morgan fingerprint density at radius 1 is 1.07 bits per heavy atom. The normalized spacial score (nSPS) is 15.9.